The molecule has 6 nitrogen and oxygen atoms in total. The highest BCUT2D eigenvalue weighted by atomic mass is 35.5. The maximum Gasteiger partial charge on any atom is 0.258 e. The van der Waals surface area contributed by atoms with Gasteiger partial charge in [-0.25, -0.2) is 13.1 Å². The van der Waals surface area contributed by atoms with Crippen molar-refractivity contribution in [2.24, 2.45) is 0 Å². The van der Waals surface area contributed by atoms with E-state index in [0.29, 0.717) is 0 Å². The van der Waals surface area contributed by atoms with Crippen molar-refractivity contribution in [2.75, 3.05) is 6.61 Å². The highest BCUT2D eigenvalue weighted by Gasteiger charge is 2.20. The maximum absolute atomic E-state index is 12.8. The van der Waals surface area contributed by atoms with Crippen molar-refractivity contribution < 1.29 is 17.9 Å². The van der Waals surface area contributed by atoms with Crippen LogP contribution in [0.15, 0.2) is 83.8 Å². The summed E-state index contributed by atoms with van der Waals surface area (Å²) >= 11 is 6.25. The SMILES string of the molecule is C[C@@H](CCc1ccccc1)NC(=O)COc1ccc(S(=O)(=O)N[C@H](C)c2ccccc2)cc1Cl. The van der Waals surface area contributed by atoms with Crippen LogP contribution in [0, 0.1) is 0 Å². The summed E-state index contributed by atoms with van der Waals surface area (Å²) in [7, 11) is -3.79. The Labute approximate surface area is 206 Å². The Hall–Kier alpha value is -2.87. The molecule has 2 atom stereocenters. The Bertz CT molecular complexity index is 1190. The fourth-order valence-electron chi connectivity index (χ4n) is 3.44. The van der Waals surface area contributed by atoms with Crippen molar-refractivity contribution in [1.29, 1.82) is 0 Å². The van der Waals surface area contributed by atoms with Crippen molar-refractivity contribution in [3.8, 4) is 5.75 Å². The van der Waals surface area contributed by atoms with Gasteiger partial charge < -0.3 is 10.1 Å². The number of carbonyl (C=O) groups excluding carboxylic acids is 1. The molecular formula is C26H29ClN2O4S. The minimum absolute atomic E-state index is 0.0167. The first-order chi connectivity index (χ1) is 16.2. The summed E-state index contributed by atoms with van der Waals surface area (Å²) in [6.45, 7) is 3.49. The predicted octanol–water partition coefficient (Wildman–Crippen LogP) is 4.90. The molecule has 0 saturated carbocycles. The van der Waals surface area contributed by atoms with Crippen LogP contribution in [-0.4, -0.2) is 27.0 Å². The fraction of sp³-hybridized carbons (Fsp3) is 0.269. The zero-order chi connectivity index (χ0) is 24.6. The Morgan fingerprint density at radius 1 is 0.971 bits per heavy atom. The van der Waals surface area contributed by atoms with Gasteiger partial charge in [0.1, 0.15) is 5.75 Å². The van der Waals surface area contributed by atoms with Crippen molar-refractivity contribution in [3.63, 3.8) is 0 Å². The van der Waals surface area contributed by atoms with Gasteiger partial charge in [-0.2, -0.15) is 0 Å². The van der Waals surface area contributed by atoms with Crippen LogP contribution in [0.4, 0.5) is 0 Å². The molecule has 0 unspecified atom stereocenters. The zero-order valence-electron chi connectivity index (χ0n) is 19.2. The number of aryl methyl sites for hydroxylation is 1. The van der Waals surface area contributed by atoms with Crippen molar-refractivity contribution in [2.45, 2.75) is 43.7 Å². The fourth-order valence-corrected chi connectivity index (χ4v) is 4.99. The Morgan fingerprint density at radius 2 is 1.62 bits per heavy atom. The number of amides is 1. The molecular weight excluding hydrogens is 472 g/mol. The number of ether oxygens (including phenoxy) is 1. The molecule has 3 rings (SSSR count). The first-order valence-corrected chi connectivity index (χ1v) is 12.9. The minimum Gasteiger partial charge on any atom is -0.482 e. The second-order valence-electron chi connectivity index (χ2n) is 8.13. The summed E-state index contributed by atoms with van der Waals surface area (Å²) < 4.78 is 33.7. The van der Waals surface area contributed by atoms with E-state index in [1.165, 1.54) is 23.8 Å². The molecule has 0 fully saturated rings. The van der Waals surface area contributed by atoms with Gasteiger partial charge in [-0.1, -0.05) is 72.3 Å². The van der Waals surface area contributed by atoms with Crippen molar-refractivity contribution in [1.82, 2.24) is 10.0 Å². The maximum atomic E-state index is 12.8. The standard InChI is InChI=1S/C26H29ClN2O4S/c1-19(13-14-21-9-5-3-6-10-21)28-26(30)18-33-25-16-15-23(17-24(25)27)34(31,32)29-20(2)22-11-7-4-8-12-22/h3-12,15-17,19-20,29H,13-14,18H2,1-2H3,(H,28,30)/t19-,20+/m0/s1. The third kappa shape index (κ3) is 7.58. The van der Waals surface area contributed by atoms with E-state index in [2.05, 4.69) is 22.2 Å². The number of benzene rings is 3. The largest absolute Gasteiger partial charge is 0.482 e. The number of sulfonamides is 1. The monoisotopic (exact) mass is 500 g/mol. The molecule has 8 heteroatoms. The third-order valence-corrected chi connectivity index (χ3v) is 7.15. The first-order valence-electron chi connectivity index (χ1n) is 11.1. The minimum atomic E-state index is -3.79. The van der Waals surface area contributed by atoms with Crippen LogP contribution in [-0.2, 0) is 21.2 Å². The average molecular weight is 501 g/mol. The zero-order valence-corrected chi connectivity index (χ0v) is 20.8. The molecule has 1 amide bonds. The average Bonchev–Trinajstić information content (AvgIpc) is 2.83. The molecule has 0 aromatic heterocycles. The van der Waals surface area contributed by atoms with Crippen LogP contribution in [0.25, 0.3) is 0 Å². The van der Waals surface area contributed by atoms with Gasteiger partial charge in [0.05, 0.1) is 9.92 Å². The van der Waals surface area contributed by atoms with Gasteiger partial charge in [0.25, 0.3) is 5.91 Å². The number of hydrogen-bond acceptors (Lipinski definition) is 4. The number of hydrogen-bond donors (Lipinski definition) is 2. The number of halogens is 1. The van der Waals surface area contributed by atoms with Crippen molar-refractivity contribution >= 4 is 27.5 Å². The highest BCUT2D eigenvalue weighted by Crippen LogP contribution is 2.28. The molecule has 0 spiro atoms. The van der Waals surface area contributed by atoms with Crippen LogP contribution in [0.3, 0.4) is 0 Å². The molecule has 0 aliphatic carbocycles. The Balaban J connectivity index is 1.51. The highest BCUT2D eigenvalue weighted by molar-refractivity contribution is 7.89. The first kappa shape index (κ1) is 25.7. The second-order valence-corrected chi connectivity index (χ2v) is 10.2. The normalized spacial score (nSPS) is 13.1. The molecule has 3 aromatic carbocycles. The van der Waals surface area contributed by atoms with Crippen LogP contribution in [0.2, 0.25) is 5.02 Å². The topological polar surface area (TPSA) is 84.5 Å². The van der Waals surface area contributed by atoms with E-state index < -0.39 is 16.1 Å². The van der Waals surface area contributed by atoms with Gasteiger partial charge in [-0.05, 0) is 56.0 Å². The lowest BCUT2D eigenvalue weighted by Crippen LogP contribution is -2.36. The van der Waals surface area contributed by atoms with Gasteiger partial charge in [0.2, 0.25) is 10.0 Å². The van der Waals surface area contributed by atoms with E-state index in [9.17, 15) is 13.2 Å². The van der Waals surface area contributed by atoms with Crippen LogP contribution < -0.4 is 14.8 Å². The summed E-state index contributed by atoms with van der Waals surface area (Å²) in [5, 5.41) is 3.01. The molecule has 0 aliphatic heterocycles. The molecule has 34 heavy (non-hydrogen) atoms. The lowest BCUT2D eigenvalue weighted by Gasteiger charge is -2.16. The number of rotatable bonds is 11. The summed E-state index contributed by atoms with van der Waals surface area (Å²) in [6, 6.07) is 23.1. The second kappa shape index (κ2) is 12.0. The molecule has 0 heterocycles. The van der Waals surface area contributed by atoms with Crippen LogP contribution in [0.5, 0.6) is 5.75 Å². The molecule has 2 N–H and O–H groups in total. The van der Waals surface area contributed by atoms with Crippen molar-refractivity contribution in [3.05, 3.63) is 95.0 Å². The smallest absolute Gasteiger partial charge is 0.258 e. The summed E-state index contributed by atoms with van der Waals surface area (Å²) in [4.78, 5) is 12.3. The van der Waals surface area contributed by atoms with Crippen LogP contribution in [0.1, 0.15) is 37.4 Å². The van der Waals surface area contributed by atoms with E-state index in [-0.39, 0.29) is 34.2 Å². The summed E-state index contributed by atoms with van der Waals surface area (Å²) in [5.41, 5.74) is 2.07. The third-order valence-electron chi connectivity index (χ3n) is 5.32. The lowest BCUT2D eigenvalue weighted by atomic mass is 10.1. The predicted molar refractivity (Wildman–Crippen MR) is 134 cm³/mol. The summed E-state index contributed by atoms with van der Waals surface area (Å²) in [6.07, 6.45) is 1.67. The Morgan fingerprint density at radius 3 is 2.26 bits per heavy atom. The van der Waals surface area contributed by atoms with E-state index >= 15 is 0 Å². The van der Waals surface area contributed by atoms with E-state index in [1.54, 1.807) is 6.92 Å². The molecule has 180 valence electrons. The van der Waals surface area contributed by atoms with Gasteiger partial charge in [-0.3, -0.25) is 4.79 Å². The van der Waals surface area contributed by atoms with E-state index in [4.69, 9.17) is 16.3 Å². The van der Waals surface area contributed by atoms with Gasteiger partial charge in [-0.15, -0.1) is 0 Å². The molecule has 0 radical (unpaired) electrons. The van der Waals surface area contributed by atoms with Gasteiger partial charge in [0, 0.05) is 12.1 Å². The van der Waals surface area contributed by atoms with E-state index in [1.807, 2.05) is 55.5 Å². The molecule has 0 bridgehead atoms. The Kier molecular flexibility index (Phi) is 9.10. The quantitative estimate of drug-likeness (QED) is 0.392. The van der Waals surface area contributed by atoms with Gasteiger partial charge >= 0.3 is 0 Å². The summed E-state index contributed by atoms with van der Waals surface area (Å²) in [5.74, 6) is -0.0320. The molecule has 0 saturated heterocycles. The van der Waals surface area contributed by atoms with Crippen LogP contribution >= 0.6 is 11.6 Å². The van der Waals surface area contributed by atoms with Gasteiger partial charge in [0.15, 0.2) is 6.61 Å². The number of nitrogens with one attached hydrogen (secondary N) is 2. The number of carbonyl (C=O) groups is 1. The molecule has 0 aliphatic rings. The molecule has 3 aromatic rings. The van der Waals surface area contributed by atoms with E-state index in [0.717, 1.165) is 18.4 Å². The lowest BCUT2D eigenvalue weighted by molar-refractivity contribution is -0.123.